The van der Waals surface area contributed by atoms with Gasteiger partial charge in [0.25, 0.3) is 0 Å². The standard InChI is InChI=1S/C12H28NO2/c1-6-7-12(15-5)8-9-13(3,4)10-11(2)14/h11-12,14H,6-10H2,1-5H3/q+1. The van der Waals surface area contributed by atoms with E-state index in [4.69, 9.17) is 4.74 Å². The fourth-order valence-corrected chi connectivity index (χ4v) is 2.00. The smallest absolute Gasteiger partial charge is 0.104 e. The van der Waals surface area contributed by atoms with Crippen molar-refractivity contribution in [3.05, 3.63) is 0 Å². The molecule has 0 aliphatic rings. The Morgan fingerprint density at radius 1 is 1.27 bits per heavy atom. The average molecular weight is 218 g/mol. The molecule has 0 amide bonds. The van der Waals surface area contributed by atoms with Gasteiger partial charge in [-0.15, -0.1) is 0 Å². The first-order valence-electron chi connectivity index (χ1n) is 5.94. The highest BCUT2D eigenvalue weighted by Crippen LogP contribution is 2.10. The number of methoxy groups -OCH3 is 1. The van der Waals surface area contributed by atoms with Gasteiger partial charge in [-0.1, -0.05) is 13.3 Å². The molecule has 0 aromatic carbocycles. The van der Waals surface area contributed by atoms with Crippen molar-refractivity contribution >= 4 is 0 Å². The van der Waals surface area contributed by atoms with E-state index in [0.29, 0.717) is 6.10 Å². The van der Waals surface area contributed by atoms with Gasteiger partial charge in [-0.05, 0) is 13.3 Å². The highest BCUT2D eigenvalue weighted by atomic mass is 16.5. The van der Waals surface area contributed by atoms with E-state index in [2.05, 4.69) is 21.0 Å². The molecule has 1 N–H and O–H groups in total. The van der Waals surface area contributed by atoms with Gasteiger partial charge in [0.15, 0.2) is 0 Å². The molecule has 15 heavy (non-hydrogen) atoms. The Morgan fingerprint density at radius 3 is 2.27 bits per heavy atom. The van der Waals surface area contributed by atoms with Gasteiger partial charge < -0.3 is 14.3 Å². The van der Waals surface area contributed by atoms with Crippen LogP contribution < -0.4 is 0 Å². The maximum Gasteiger partial charge on any atom is 0.104 e. The number of aliphatic hydroxyl groups excluding tert-OH is 1. The molecule has 0 spiro atoms. The van der Waals surface area contributed by atoms with Crippen molar-refractivity contribution < 1.29 is 14.3 Å². The predicted molar refractivity (Wildman–Crippen MR) is 63.8 cm³/mol. The number of nitrogens with zero attached hydrogens (tertiary/aromatic N) is 1. The number of aliphatic hydroxyl groups is 1. The zero-order valence-corrected chi connectivity index (χ0v) is 11.0. The Hall–Kier alpha value is -0.120. The lowest BCUT2D eigenvalue weighted by Crippen LogP contribution is -2.46. The summed E-state index contributed by atoms with van der Waals surface area (Å²) >= 11 is 0. The molecule has 0 aromatic heterocycles. The summed E-state index contributed by atoms with van der Waals surface area (Å²) in [5.74, 6) is 0. The van der Waals surface area contributed by atoms with Crippen molar-refractivity contribution in [3.8, 4) is 0 Å². The number of hydrogen-bond acceptors (Lipinski definition) is 2. The maximum absolute atomic E-state index is 9.37. The van der Waals surface area contributed by atoms with Crippen LogP contribution in [0.2, 0.25) is 0 Å². The Labute approximate surface area is 94.6 Å². The van der Waals surface area contributed by atoms with Crippen LogP contribution in [0.3, 0.4) is 0 Å². The highest BCUT2D eigenvalue weighted by molar-refractivity contribution is 4.56. The number of hydrogen-bond donors (Lipinski definition) is 1. The van der Waals surface area contributed by atoms with Crippen molar-refractivity contribution in [1.82, 2.24) is 0 Å². The second kappa shape index (κ2) is 7.20. The maximum atomic E-state index is 9.37. The van der Waals surface area contributed by atoms with E-state index in [0.717, 1.165) is 30.4 Å². The van der Waals surface area contributed by atoms with Crippen LogP contribution in [-0.2, 0) is 4.74 Å². The topological polar surface area (TPSA) is 29.5 Å². The Bertz CT molecular complexity index is 158. The SMILES string of the molecule is CCCC(CC[N+](C)(C)CC(C)O)OC. The first kappa shape index (κ1) is 14.9. The molecule has 0 aromatic rings. The minimum atomic E-state index is -0.229. The summed E-state index contributed by atoms with van der Waals surface area (Å²) in [6.07, 6.45) is 3.52. The lowest BCUT2D eigenvalue weighted by molar-refractivity contribution is -0.893. The largest absolute Gasteiger partial charge is 0.388 e. The van der Waals surface area contributed by atoms with Crippen LogP contribution in [-0.4, -0.2) is 56.1 Å². The van der Waals surface area contributed by atoms with Crippen LogP contribution in [0.1, 0.15) is 33.1 Å². The molecule has 0 aliphatic heterocycles. The molecule has 0 rings (SSSR count). The fraction of sp³-hybridized carbons (Fsp3) is 1.00. The first-order valence-corrected chi connectivity index (χ1v) is 5.94. The molecule has 0 radical (unpaired) electrons. The summed E-state index contributed by atoms with van der Waals surface area (Å²) < 4.78 is 6.28. The van der Waals surface area contributed by atoms with Crippen LogP contribution in [0.4, 0.5) is 0 Å². The minimum Gasteiger partial charge on any atom is -0.388 e. The van der Waals surface area contributed by atoms with Gasteiger partial charge in [0, 0.05) is 13.5 Å². The van der Waals surface area contributed by atoms with Crippen molar-refractivity contribution in [2.75, 3.05) is 34.3 Å². The molecule has 0 bridgehead atoms. The van der Waals surface area contributed by atoms with Crippen molar-refractivity contribution in [3.63, 3.8) is 0 Å². The number of rotatable bonds is 8. The number of ether oxygens (including phenoxy) is 1. The summed E-state index contributed by atoms with van der Waals surface area (Å²) in [4.78, 5) is 0. The summed E-state index contributed by atoms with van der Waals surface area (Å²) in [5.41, 5.74) is 0. The Morgan fingerprint density at radius 2 is 1.87 bits per heavy atom. The van der Waals surface area contributed by atoms with Crippen LogP contribution in [0.15, 0.2) is 0 Å². The van der Waals surface area contributed by atoms with Gasteiger partial charge in [0.2, 0.25) is 0 Å². The molecule has 0 heterocycles. The van der Waals surface area contributed by atoms with Gasteiger partial charge in [-0.3, -0.25) is 0 Å². The van der Waals surface area contributed by atoms with Gasteiger partial charge >= 0.3 is 0 Å². The van der Waals surface area contributed by atoms with Crippen LogP contribution in [0.5, 0.6) is 0 Å². The quantitative estimate of drug-likeness (QED) is 0.628. The third kappa shape index (κ3) is 7.77. The molecule has 0 aliphatic carbocycles. The van der Waals surface area contributed by atoms with Crippen LogP contribution in [0, 0.1) is 0 Å². The van der Waals surface area contributed by atoms with Crippen LogP contribution in [0.25, 0.3) is 0 Å². The first-order chi connectivity index (χ1) is 6.91. The Kier molecular flexibility index (Phi) is 7.14. The van der Waals surface area contributed by atoms with Gasteiger partial charge in [-0.25, -0.2) is 0 Å². The zero-order chi connectivity index (χ0) is 11.9. The van der Waals surface area contributed by atoms with E-state index >= 15 is 0 Å². The summed E-state index contributed by atoms with van der Waals surface area (Å²) in [7, 11) is 6.10. The normalized spacial score (nSPS) is 16.4. The van der Waals surface area contributed by atoms with Crippen LogP contribution >= 0.6 is 0 Å². The van der Waals surface area contributed by atoms with Crippen molar-refractivity contribution in [2.45, 2.75) is 45.3 Å². The van der Waals surface area contributed by atoms with E-state index in [-0.39, 0.29) is 6.10 Å². The monoisotopic (exact) mass is 218 g/mol. The van der Waals surface area contributed by atoms with Gasteiger partial charge in [0.1, 0.15) is 12.6 Å². The van der Waals surface area contributed by atoms with E-state index < -0.39 is 0 Å². The third-order valence-electron chi connectivity index (χ3n) is 2.76. The highest BCUT2D eigenvalue weighted by Gasteiger charge is 2.19. The zero-order valence-electron chi connectivity index (χ0n) is 11.0. The van der Waals surface area contributed by atoms with Crippen molar-refractivity contribution in [1.29, 1.82) is 0 Å². The van der Waals surface area contributed by atoms with Crippen molar-refractivity contribution in [2.24, 2.45) is 0 Å². The van der Waals surface area contributed by atoms with Gasteiger partial charge in [0.05, 0.1) is 26.7 Å². The molecule has 92 valence electrons. The fourth-order valence-electron chi connectivity index (χ4n) is 2.00. The molecule has 3 nitrogen and oxygen atoms in total. The number of likely N-dealkylation sites (N-methyl/N-ethyl adjacent to an activating group) is 1. The second-order valence-corrected chi connectivity index (χ2v) is 5.13. The molecule has 2 unspecified atom stereocenters. The molecular formula is C12H28NO2+. The lowest BCUT2D eigenvalue weighted by Gasteiger charge is -2.32. The molecule has 0 fully saturated rings. The van der Waals surface area contributed by atoms with Gasteiger partial charge in [-0.2, -0.15) is 0 Å². The summed E-state index contributed by atoms with van der Waals surface area (Å²) in [6.45, 7) is 5.90. The predicted octanol–water partition coefficient (Wildman–Crippen LogP) is 1.65. The minimum absolute atomic E-state index is 0.229. The second-order valence-electron chi connectivity index (χ2n) is 5.13. The summed E-state index contributed by atoms with van der Waals surface area (Å²) in [5, 5.41) is 9.37. The van der Waals surface area contributed by atoms with E-state index in [9.17, 15) is 5.11 Å². The molecule has 3 heteroatoms. The number of quaternary nitrogens is 1. The molecule has 0 saturated heterocycles. The molecule has 2 atom stereocenters. The molecule has 0 saturated carbocycles. The van der Waals surface area contributed by atoms with E-state index in [1.165, 1.54) is 6.42 Å². The summed E-state index contributed by atoms with van der Waals surface area (Å²) in [6, 6.07) is 0. The Balaban J connectivity index is 3.89. The lowest BCUT2D eigenvalue weighted by atomic mass is 10.1. The third-order valence-corrected chi connectivity index (χ3v) is 2.76. The molecular weight excluding hydrogens is 190 g/mol. The van der Waals surface area contributed by atoms with E-state index in [1.807, 2.05) is 6.92 Å². The van der Waals surface area contributed by atoms with E-state index in [1.54, 1.807) is 7.11 Å². The average Bonchev–Trinajstić information content (AvgIpc) is 2.10.